The molecule has 0 unspecified atom stereocenters. The molecule has 1 aliphatic rings. The Balaban J connectivity index is 1.67. The molecule has 0 spiro atoms. The molecule has 0 atom stereocenters. The topological polar surface area (TPSA) is 78.5 Å². The number of benzene rings is 1. The van der Waals surface area contributed by atoms with Crippen molar-refractivity contribution in [3.8, 4) is 28.9 Å². The molecule has 0 aliphatic carbocycles. The van der Waals surface area contributed by atoms with Gasteiger partial charge in [-0.05, 0) is 25.1 Å². The van der Waals surface area contributed by atoms with E-state index in [1.165, 1.54) is 0 Å². The molecule has 1 N–H and O–H groups in total. The normalized spacial score (nSPS) is 12.7. The number of hydrogen-bond acceptors (Lipinski definition) is 6. The Bertz CT molecular complexity index is 585. The van der Waals surface area contributed by atoms with Crippen molar-refractivity contribution in [3.05, 3.63) is 18.2 Å². The first-order valence-electron chi connectivity index (χ1n) is 6.40. The van der Waals surface area contributed by atoms with E-state index in [9.17, 15) is 0 Å². The highest BCUT2D eigenvalue weighted by molar-refractivity contribution is 5.61. The molecule has 3 rings (SSSR count). The molecule has 1 aliphatic heterocycles. The van der Waals surface area contributed by atoms with Crippen LogP contribution >= 0.6 is 0 Å². The zero-order valence-electron chi connectivity index (χ0n) is 11.1. The van der Waals surface area contributed by atoms with E-state index in [-0.39, 0.29) is 6.79 Å². The molecular weight excluding hydrogens is 262 g/mol. The molecule has 1 aromatic heterocycles. The van der Waals surface area contributed by atoms with E-state index in [0.29, 0.717) is 37.4 Å². The molecule has 2 aromatic rings. The maximum atomic E-state index is 5.37. The highest BCUT2D eigenvalue weighted by Crippen LogP contribution is 2.35. The number of fused-ring (bicyclic) bond motifs is 1. The van der Waals surface area contributed by atoms with Crippen LogP contribution in [0.3, 0.4) is 0 Å². The minimum Gasteiger partial charge on any atom is -0.460 e. The summed E-state index contributed by atoms with van der Waals surface area (Å²) in [7, 11) is 0. The summed E-state index contributed by atoms with van der Waals surface area (Å²) in [6.07, 6.45) is 0. The van der Waals surface area contributed by atoms with E-state index in [2.05, 4.69) is 15.2 Å². The predicted molar refractivity (Wildman–Crippen MR) is 69.9 cm³/mol. The average Bonchev–Trinajstić information content (AvgIpc) is 3.11. The van der Waals surface area contributed by atoms with E-state index >= 15 is 0 Å². The van der Waals surface area contributed by atoms with Crippen molar-refractivity contribution >= 4 is 0 Å². The SMILES string of the molecule is CCOCCOc1n[nH]c(-c2ccc3c(c2)OCO3)n1. The minimum absolute atomic E-state index is 0.251. The third-order valence-corrected chi connectivity index (χ3v) is 2.77. The molecule has 106 valence electrons. The highest BCUT2D eigenvalue weighted by atomic mass is 16.7. The lowest BCUT2D eigenvalue weighted by atomic mass is 10.2. The Morgan fingerprint density at radius 1 is 1.25 bits per heavy atom. The lowest BCUT2D eigenvalue weighted by Crippen LogP contribution is -2.07. The van der Waals surface area contributed by atoms with Gasteiger partial charge >= 0.3 is 6.01 Å². The number of hydrogen-bond donors (Lipinski definition) is 1. The highest BCUT2D eigenvalue weighted by Gasteiger charge is 2.15. The fourth-order valence-electron chi connectivity index (χ4n) is 1.82. The van der Waals surface area contributed by atoms with Crippen LogP contribution in [-0.4, -0.2) is 41.8 Å². The van der Waals surface area contributed by atoms with Gasteiger partial charge < -0.3 is 18.9 Å². The predicted octanol–water partition coefficient (Wildman–Crippen LogP) is 1.62. The summed E-state index contributed by atoms with van der Waals surface area (Å²) in [4.78, 5) is 4.26. The van der Waals surface area contributed by atoms with E-state index < -0.39 is 0 Å². The standard InChI is InChI=1S/C13H15N3O4/c1-2-17-5-6-18-13-14-12(15-16-13)9-3-4-10-11(7-9)20-8-19-10/h3-4,7H,2,5-6,8H2,1H3,(H,14,15,16). The summed E-state index contributed by atoms with van der Waals surface area (Å²) in [6, 6.07) is 5.89. The second-order valence-corrected chi connectivity index (χ2v) is 4.08. The van der Waals surface area contributed by atoms with Crippen molar-refractivity contribution in [2.45, 2.75) is 6.92 Å². The Kier molecular flexibility index (Phi) is 3.69. The maximum Gasteiger partial charge on any atom is 0.335 e. The first kappa shape index (κ1) is 12.7. The van der Waals surface area contributed by atoms with Gasteiger partial charge in [0.15, 0.2) is 17.3 Å². The van der Waals surface area contributed by atoms with Crippen molar-refractivity contribution in [2.24, 2.45) is 0 Å². The zero-order valence-corrected chi connectivity index (χ0v) is 11.1. The first-order chi connectivity index (χ1) is 9.86. The molecular formula is C13H15N3O4. The number of aromatic nitrogens is 3. The Morgan fingerprint density at radius 2 is 2.15 bits per heavy atom. The molecule has 0 saturated carbocycles. The smallest absolute Gasteiger partial charge is 0.335 e. The van der Waals surface area contributed by atoms with E-state index in [1.54, 1.807) is 0 Å². The minimum atomic E-state index is 0.251. The average molecular weight is 277 g/mol. The summed E-state index contributed by atoms with van der Waals surface area (Å²) in [5.74, 6) is 2.06. The van der Waals surface area contributed by atoms with Crippen molar-refractivity contribution < 1.29 is 18.9 Å². The fraction of sp³-hybridized carbons (Fsp3) is 0.385. The number of aromatic amines is 1. The van der Waals surface area contributed by atoms with Crippen LogP contribution in [0.2, 0.25) is 0 Å². The van der Waals surface area contributed by atoms with Crippen LogP contribution in [0, 0.1) is 0 Å². The molecule has 1 aromatic carbocycles. The van der Waals surface area contributed by atoms with Gasteiger partial charge in [-0.1, -0.05) is 0 Å². The quantitative estimate of drug-likeness (QED) is 0.808. The molecule has 2 heterocycles. The monoisotopic (exact) mass is 277 g/mol. The third-order valence-electron chi connectivity index (χ3n) is 2.77. The first-order valence-corrected chi connectivity index (χ1v) is 6.40. The molecule has 0 fully saturated rings. The number of ether oxygens (including phenoxy) is 4. The molecule has 0 saturated heterocycles. The van der Waals surface area contributed by atoms with E-state index in [4.69, 9.17) is 18.9 Å². The van der Waals surface area contributed by atoms with E-state index in [0.717, 1.165) is 11.3 Å². The Morgan fingerprint density at radius 3 is 3.05 bits per heavy atom. The van der Waals surface area contributed by atoms with Crippen molar-refractivity contribution in [1.82, 2.24) is 15.2 Å². The summed E-state index contributed by atoms with van der Waals surface area (Å²) < 4.78 is 21.1. The van der Waals surface area contributed by atoms with Crippen LogP contribution in [0.1, 0.15) is 6.92 Å². The summed E-state index contributed by atoms with van der Waals surface area (Å²) in [5.41, 5.74) is 0.862. The fourth-order valence-corrected chi connectivity index (χ4v) is 1.82. The summed E-state index contributed by atoms with van der Waals surface area (Å²) in [5, 5.41) is 6.83. The molecule has 0 radical (unpaired) electrons. The van der Waals surface area contributed by atoms with Crippen molar-refractivity contribution in [2.75, 3.05) is 26.6 Å². The van der Waals surface area contributed by atoms with Crippen molar-refractivity contribution in [3.63, 3.8) is 0 Å². The van der Waals surface area contributed by atoms with E-state index in [1.807, 2.05) is 25.1 Å². The van der Waals surface area contributed by atoms with Crippen LogP contribution in [0.15, 0.2) is 18.2 Å². The molecule has 0 bridgehead atoms. The molecule has 7 nitrogen and oxygen atoms in total. The van der Waals surface area contributed by atoms with Gasteiger partial charge in [-0.3, -0.25) is 5.10 Å². The Labute approximate surface area is 115 Å². The van der Waals surface area contributed by atoms with Gasteiger partial charge in [-0.2, -0.15) is 4.98 Å². The summed E-state index contributed by atoms with van der Waals surface area (Å²) >= 11 is 0. The van der Waals surface area contributed by atoms with Crippen LogP contribution in [0.4, 0.5) is 0 Å². The molecule has 0 amide bonds. The van der Waals surface area contributed by atoms with Crippen LogP contribution in [0.5, 0.6) is 17.5 Å². The molecule has 7 heteroatoms. The lowest BCUT2D eigenvalue weighted by Gasteiger charge is -2.01. The van der Waals surface area contributed by atoms with Gasteiger partial charge in [-0.15, -0.1) is 5.10 Å². The van der Waals surface area contributed by atoms with Gasteiger partial charge in [0.1, 0.15) is 6.61 Å². The number of nitrogens with zero attached hydrogens (tertiary/aromatic N) is 2. The van der Waals surface area contributed by atoms with Crippen LogP contribution in [-0.2, 0) is 4.74 Å². The Hall–Kier alpha value is -2.28. The van der Waals surface area contributed by atoms with Crippen LogP contribution < -0.4 is 14.2 Å². The number of H-pyrrole nitrogens is 1. The van der Waals surface area contributed by atoms with Gasteiger partial charge in [0, 0.05) is 12.2 Å². The summed E-state index contributed by atoms with van der Waals surface area (Å²) in [6.45, 7) is 3.79. The zero-order chi connectivity index (χ0) is 13.8. The van der Waals surface area contributed by atoms with Crippen LogP contribution in [0.25, 0.3) is 11.4 Å². The number of rotatable bonds is 6. The van der Waals surface area contributed by atoms with Gasteiger partial charge in [0.25, 0.3) is 0 Å². The lowest BCUT2D eigenvalue weighted by molar-refractivity contribution is 0.106. The largest absolute Gasteiger partial charge is 0.460 e. The van der Waals surface area contributed by atoms with Crippen molar-refractivity contribution in [1.29, 1.82) is 0 Å². The molecule has 20 heavy (non-hydrogen) atoms. The van der Waals surface area contributed by atoms with Gasteiger partial charge in [0.2, 0.25) is 6.79 Å². The second kappa shape index (κ2) is 5.79. The third kappa shape index (κ3) is 2.67. The second-order valence-electron chi connectivity index (χ2n) is 4.08. The number of nitrogens with one attached hydrogen (secondary N) is 1. The maximum absolute atomic E-state index is 5.37. The van der Waals surface area contributed by atoms with Gasteiger partial charge in [-0.25, -0.2) is 0 Å². The van der Waals surface area contributed by atoms with Gasteiger partial charge in [0.05, 0.1) is 6.61 Å².